The first-order valence-corrected chi connectivity index (χ1v) is 9.09. The molecule has 0 bridgehead atoms. The molecule has 1 atom stereocenters. The van der Waals surface area contributed by atoms with Crippen LogP contribution in [0.15, 0.2) is 43.0 Å². The average Bonchev–Trinajstić information content (AvgIpc) is 2.62. The molecule has 0 fully saturated rings. The molecule has 3 rings (SSSR count). The molecule has 0 saturated heterocycles. The molecule has 0 radical (unpaired) electrons. The molecule has 0 saturated carbocycles. The number of fused-ring (bicyclic) bond motifs is 1. The van der Waals surface area contributed by atoms with Crippen LogP contribution in [0.25, 0.3) is 0 Å². The maximum absolute atomic E-state index is 13.6. The molecular weight excluding hydrogens is 371 g/mol. The molecule has 5 heteroatoms. The van der Waals surface area contributed by atoms with Crippen LogP contribution in [0.1, 0.15) is 47.1 Å². The van der Waals surface area contributed by atoms with Crippen molar-refractivity contribution in [1.82, 2.24) is 0 Å². The Hall–Kier alpha value is -2.61. The van der Waals surface area contributed by atoms with Crippen molar-refractivity contribution in [3.63, 3.8) is 0 Å². The number of halogens is 5. The Bertz CT molecular complexity index is 921. The Balaban J connectivity index is 1.80. The fraction of sp³-hybridized carbons (Fsp3) is 0.304. The van der Waals surface area contributed by atoms with Crippen LogP contribution in [-0.4, -0.2) is 0 Å². The predicted molar refractivity (Wildman–Crippen MR) is 98.7 cm³/mol. The Morgan fingerprint density at radius 1 is 1.00 bits per heavy atom. The third kappa shape index (κ3) is 4.62. The zero-order valence-corrected chi connectivity index (χ0v) is 15.2. The Labute approximate surface area is 161 Å². The largest absolute Gasteiger partial charge is 0.422 e. The number of aryl methyl sites for hydroxylation is 1. The first kappa shape index (κ1) is 20.1. The minimum Gasteiger partial charge on any atom is -0.206 e. The van der Waals surface area contributed by atoms with Crippen molar-refractivity contribution in [3.8, 4) is 11.8 Å². The first-order chi connectivity index (χ1) is 13.3. The molecule has 1 unspecified atom stereocenters. The molecule has 0 aromatic heterocycles. The summed E-state index contributed by atoms with van der Waals surface area (Å²) >= 11 is 0. The van der Waals surface area contributed by atoms with Crippen LogP contribution >= 0.6 is 0 Å². The lowest BCUT2D eigenvalue weighted by molar-refractivity contribution is -0.142. The second-order valence-electron chi connectivity index (χ2n) is 7.02. The molecule has 2 aromatic carbocycles. The number of hydrogen-bond donors (Lipinski definition) is 0. The van der Waals surface area contributed by atoms with Crippen LogP contribution in [0, 0.1) is 29.4 Å². The van der Waals surface area contributed by atoms with Gasteiger partial charge in [-0.1, -0.05) is 24.0 Å². The summed E-state index contributed by atoms with van der Waals surface area (Å²) in [6.07, 6.45) is 2.01. The van der Waals surface area contributed by atoms with Gasteiger partial charge in [0.1, 0.15) is 17.2 Å². The Morgan fingerprint density at radius 3 is 2.32 bits per heavy atom. The van der Waals surface area contributed by atoms with E-state index in [4.69, 9.17) is 0 Å². The lowest BCUT2D eigenvalue weighted by atomic mass is 9.81. The van der Waals surface area contributed by atoms with Crippen LogP contribution in [0.3, 0.4) is 0 Å². The van der Waals surface area contributed by atoms with Gasteiger partial charge in [0.2, 0.25) is 0 Å². The summed E-state index contributed by atoms with van der Waals surface area (Å²) < 4.78 is 65.2. The van der Waals surface area contributed by atoms with Crippen LogP contribution in [0.5, 0.6) is 0 Å². The SMILES string of the molecule is C=CCCC1CCc2cc(C#Cc3cc(F)c(C(F)(F)F)c(F)c3)ccc2C1. The van der Waals surface area contributed by atoms with Gasteiger partial charge in [-0.15, -0.1) is 6.58 Å². The summed E-state index contributed by atoms with van der Waals surface area (Å²) in [6, 6.07) is 7.01. The summed E-state index contributed by atoms with van der Waals surface area (Å²) in [4.78, 5) is 0. The minimum absolute atomic E-state index is 0.134. The highest BCUT2D eigenvalue weighted by Gasteiger charge is 2.37. The molecule has 0 amide bonds. The fourth-order valence-electron chi connectivity index (χ4n) is 3.57. The molecule has 28 heavy (non-hydrogen) atoms. The van der Waals surface area contributed by atoms with Gasteiger partial charge in [-0.3, -0.25) is 0 Å². The summed E-state index contributed by atoms with van der Waals surface area (Å²) in [5, 5.41) is 0. The van der Waals surface area contributed by atoms with Crippen molar-refractivity contribution in [2.24, 2.45) is 5.92 Å². The number of allylic oxidation sites excluding steroid dienone is 1. The molecule has 2 aromatic rings. The molecule has 146 valence electrons. The quantitative estimate of drug-likeness (QED) is 0.321. The topological polar surface area (TPSA) is 0 Å². The number of rotatable bonds is 3. The number of benzene rings is 2. The van der Waals surface area contributed by atoms with Crippen molar-refractivity contribution < 1.29 is 22.0 Å². The molecule has 0 N–H and O–H groups in total. The first-order valence-electron chi connectivity index (χ1n) is 9.09. The van der Waals surface area contributed by atoms with Gasteiger partial charge < -0.3 is 0 Å². The summed E-state index contributed by atoms with van der Waals surface area (Å²) in [5.41, 5.74) is 1.12. The summed E-state index contributed by atoms with van der Waals surface area (Å²) in [7, 11) is 0. The van der Waals surface area contributed by atoms with Gasteiger partial charge in [0, 0.05) is 11.1 Å². The van der Waals surface area contributed by atoms with Gasteiger partial charge in [0.15, 0.2) is 0 Å². The van der Waals surface area contributed by atoms with Gasteiger partial charge >= 0.3 is 6.18 Å². The number of alkyl halides is 3. The molecule has 0 nitrogen and oxygen atoms in total. The Morgan fingerprint density at radius 2 is 1.68 bits per heavy atom. The highest BCUT2D eigenvalue weighted by atomic mass is 19.4. The van der Waals surface area contributed by atoms with Gasteiger partial charge in [0.05, 0.1) is 0 Å². The van der Waals surface area contributed by atoms with E-state index in [0.29, 0.717) is 23.6 Å². The maximum Gasteiger partial charge on any atom is 0.422 e. The predicted octanol–water partition coefficient (Wildman–Crippen LogP) is 6.45. The van der Waals surface area contributed by atoms with Crippen LogP contribution in [-0.2, 0) is 19.0 Å². The highest BCUT2D eigenvalue weighted by Crippen LogP contribution is 2.34. The Kier molecular flexibility index (Phi) is 5.88. The van der Waals surface area contributed by atoms with E-state index in [2.05, 4.69) is 18.4 Å². The molecular formula is C23H19F5. The van der Waals surface area contributed by atoms with Crippen LogP contribution < -0.4 is 0 Å². The standard InChI is InChI=1S/C23H19F5/c1-2-3-4-15-7-9-19-12-16(8-10-18(19)11-15)5-6-17-13-20(24)22(21(25)14-17)23(26,27)28/h2,8,10,12-15H,1,3-4,7,9,11H2. The third-order valence-corrected chi connectivity index (χ3v) is 4.99. The molecule has 0 spiro atoms. The minimum atomic E-state index is -5.08. The number of hydrogen-bond acceptors (Lipinski definition) is 0. The van der Waals surface area contributed by atoms with Crippen molar-refractivity contribution in [3.05, 3.63) is 82.4 Å². The van der Waals surface area contributed by atoms with Gasteiger partial charge in [-0.25, -0.2) is 8.78 Å². The van der Waals surface area contributed by atoms with Crippen LogP contribution in [0.2, 0.25) is 0 Å². The fourth-order valence-corrected chi connectivity index (χ4v) is 3.57. The third-order valence-electron chi connectivity index (χ3n) is 4.99. The normalized spacial score (nSPS) is 16.1. The second-order valence-corrected chi connectivity index (χ2v) is 7.02. The van der Waals surface area contributed by atoms with Crippen molar-refractivity contribution in [2.75, 3.05) is 0 Å². The van der Waals surface area contributed by atoms with E-state index in [1.54, 1.807) is 0 Å². The van der Waals surface area contributed by atoms with E-state index in [1.165, 1.54) is 11.1 Å². The smallest absolute Gasteiger partial charge is 0.206 e. The average molecular weight is 390 g/mol. The zero-order chi connectivity index (χ0) is 20.3. The van der Waals surface area contributed by atoms with Gasteiger partial charge in [-0.05, 0) is 73.4 Å². The zero-order valence-electron chi connectivity index (χ0n) is 15.2. The molecule has 0 heterocycles. The lowest BCUT2D eigenvalue weighted by Gasteiger charge is -2.24. The van der Waals surface area contributed by atoms with E-state index >= 15 is 0 Å². The van der Waals surface area contributed by atoms with Crippen molar-refractivity contribution in [2.45, 2.75) is 38.3 Å². The molecule has 1 aliphatic carbocycles. The van der Waals surface area contributed by atoms with E-state index in [9.17, 15) is 22.0 Å². The van der Waals surface area contributed by atoms with Gasteiger partial charge in [-0.2, -0.15) is 13.2 Å². The summed E-state index contributed by atoms with van der Waals surface area (Å²) in [6.45, 7) is 3.76. The summed E-state index contributed by atoms with van der Waals surface area (Å²) in [5.74, 6) is 2.67. The van der Waals surface area contributed by atoms with Gasteiger partial charge in [0.25, 0.3) is 0 Å². The molecule has 1 aliphatic rings. The van der Waals surface area contributed by atoms with Crippen molar-refractivity contribution >= 4 is 0 Å². The van der Waals surface area contributed by atoms with E-state index < -0.39 is 23.4 Å². The van der Waals surface area contributed by atoms with Crippen LogP contribution in [0.4, 0.5) is 22.0 Å². The monoisotopic (exact) mass is 390 g/mol. The highest BCUT2D eigenvalue weighted by molar-refractivity contribution is 5.47. The van der Waals surface area contributed by atoms with E-state index in [1.807, 2.05) is 24.3 Å². The maximum atomic E-state index is 13.6. The van der Waals surface area contributed by atoms with E-state index in [-0.39, 0.29) is 5.56 Å². The molecule has 0 aliphatic heterocycles. The van der Waals surface area contributed by atoms with Crippen molar-refractivity contribution in [1.29, 1.82) is 0 Å². The van der Waals surface area contributed by atoms with E-state index in [0.717, 1.165) is 32.1 Å². The second kappa shape index (κ2) is 8.18. The lowest BCUT2D eigenvalue weighted by Crippen LogP contribution is -2.14.